The van der Waals surface area contributed by atoms with Crippen molar-refractivity contribution in [2.75, 3.05) is 0 Å². The fourth-order valence-corrected chi connectivity index (χ4v) is 1.67. The van der Waals surface area contributed by atoms with Gasteiger partial charge in [-0.25, -0.2) is 8.78 Å². The second-order valence-electron chi connectivity index (χ2n) is 3.37. The van der Waals surface area contributed by atoms with Gasteiger partial charge in [-0.05, 0) is 19.3 Å². The van der Waals surface area contributed by atoms with E-state index >= 15 is 0 Å². The quantitative estimate of drug-likeness (QED) is 0.589. The van der Waals surface area contributed by atoms with Crippen molar-refractivity contribution < 1.29 is 8.78 Å². The lowest BCUT2D eigenvalue weighted by atomic mass is 9.99. The Balaban J connectivity index is 2.39. The van der Waals surface area contributed by atoms with E-state index in [1.165, 1.54) is 0 Å². The van der Waals surface area contributed by atoms with Crippen molar-refractivity contribution in [2.45, 2.75) is 44.6 Å². The van der Waals surface area contributed by atoms with E-state index in [2.05, 4.69) is 0 Å². The first-order valence-corrected chi connectivity index (χ1v) is 4.24. The highest BCUT2D eigenvalue weighted by Gasteiger charge is 2.24. The average molecular weight is 163 g/mol. The summed E-state index contributed by atoms with van der Waals surface area (Å²) in [6.45, 7) is 0. The van der Waals surface area contributed by atoms with Crippen LogP contribution >= 0.6 is 0 Å². The maximum absolute atomic E-state index is 12.2. The normalized spacial score (nSPS) is 33.8. The molecule has 11 heavy (non-hydrogen) atoms. The number of nitrogens with two attached hydrogens (primary N) is 1. The Kier molecular flexibility index (Phi) is 3.24. The molecule has 2 atom stereocenters. The molecule has 0 aromatic heterocycles. The maximum Gasteiger partial charge on any atom is 0.241 e. The van der Waals surface area contributed by atoms with Crippen molar-refractivity contribution in [1.29, 1.82) is 0 Å². The number of rotatable bonds is 1. The molecule has 0 aromatic rings. The molecule has 1 nitrogen and oxygen atoms in total. The largest absolute Gasteiger partial charge is 0.328 e. The molecule has 3 heteroatoms. The molecule has 66 valence electrons. The Labute approximate surface area is 66.0 Å². The van der Waals surface area contributed by atoms with Crippen LogP contribution in [0.1, 0.15) is 32.1 Å². The molecule has 0 heterocycles. The van der Waals surface area contributed by atoms with Crippen molar-refractivity contribution in [3.8, 4) is 0 Å². The molecule has 1 aliphatic rings. The van der Waals surface area contributed by atoms with Gasteiger partial charge in [-0.3, -0.25) is 0 Å². The molecule has 0 aromatic carbocycles. The van der Waals surface area contributed by atoms with Crippen LogP contribution in [0.2, 0.25) is 0 Å². The third kappa shape index (κ3) is 2.73. The minimum Gasteiger partial charge on any atom is -0.328 e. The summed E-state index contributed by atoms with van der Waals surface area (Å²) in [5.41, 5.74) is 5.63. The summed E-state index contributed by atoms with van der Waals surface area (Å²) in [5.74, 6) is -0.438. The van der Waals surface area contributed by atoms with Gasteiger partial charge < -0.3 is 5.73 Å². The Morgan fingerprint density at radius 1 is 1.18 bits per heavy atom. The number of halogens is 2. The summed E-state index contributed by atoms with van der Waals surface area (Å²) >= 11 is 0. The van der Waals surface area contributed by atoms with Crippen molar-refractivity contribution in [3.63, 3.8) is 0 Å². The van der Waals surface area contributed by atoms with Gasteiger partial charge in [0.1, 0.15) is 0 Å². The molecular weight excluding hydrogens is 148 g/mol. The molecule has 1 aliphatic carbocycles. The van der Waals surface area contributed by atoms with Crippen LogP contribution in [0.3, 0.4) is 0 Å². The van der Waals surface area contributed by atoms with Crippen LogP contribution in [0, 0.1) is 5.92 Å². The minimum absolute atomic E-state index is 0.0106. The number of hydrogen-bond donors (Lipinski definition) is 1. The lowest BCUT2D eigenvalue weighted by Gasteiger charge is -2.15. The molecule has 0 bridgehead atoms. The summed E-state index contributed by atoms with van der Waals surface area (Å²) in [6.07, 6.45) is 1.86. The topological polar surface area (TPSA) is 26.0 Å². The Hall–Kier alpha value is -0.180. The fraction of sp³-hybridized carbons (Fsp3) is 1.00. The van der Waals surface area contributed by atoms with E-state index in [1.54, 1.807) is 0 Å². The lowest BCUT2D eigenvalue weighted by Crippen LogP contribution is -2.24. The molecule has 0 spiro atoms. The molecule has 0 aliphatic heterocycles. The predicted molar refractivity (Wildman–Crippen MR) is 40.6 cm³/mol. The van der Waals surface area contributed by atoms with E-state index in [4.69, 9.17) is 5.73 Å². The van der Waals surface area contributed by atoms with Crippen molar-refractivity contribution in [1.82, 2.24) is 0 Å². The van der Waals surface area contributed by atoms with Crippen molar-refractivity contribution in [2.24, 2.45) is 11.7 Å². The molecule has 1 rings (SSSR count). The van der Waals surface area contributed by atoms with Crippen LogP contribution in [0.25, 0.3) is 0 Å². The van der Waals surface area contributed by atoms with Crippen LogP contribution in [0.15, 0.2) is 0 Å². The van der Waals surface area contributed by atoms with Crippen LogP contribution in [-0.4, -0.2) is 12.5 Å². The molecule has 0 saturated heterocycles. The fourth-order valence-electron chi connectivity index (χ4n) is 1.67. The zero-order valence-electron chi connectivity index (χ0n) is 6.60. The Morgan fingerprint density at radius 3 is 2.45 bits per heavy atom. The van der Waals surface area contributed by atoms with Gasteiger partial charge in [-0.2, -0.15) is 0 Å². The van der Waals surface area contributed by atoms with Crippen LogP contribution in [0.4, 0.5) is 8.78 Å². The molecule has 0 amide bonds. The Bertz CT molecular complexity index is 117. The van der Waals surface area contributed by atoms with E-state index in [-0.39, 0.29) is 6.04 Å². The van der Waals surface area contributed by atoms with Gasteiger partial charge in [0.15, 0.2) is 0 Å². The first-order chi connectivity index (χ1) is 5.20. The zero-order valence-corrected chi connectivity index (χ0v) is 6.60. The molecule has 0 unspecified atom stereocenters. The minimum atomic E-state index is -2.17. The van der Waals surface area contributed by atoms with E-state index in [0.717, 1.165) is 19.3 Å². The highest BCUT2D eigenvalue weighted by Crippen LogP contribution is 2.26. The van der Waals surface area contributed by atoms with Gasteiger partial charge in [0.2, 0.25) is 6.43 Å². The summed E-state index contributed by atoms with van der Waals surface area (Å²) < 4.78 is 24.4. The SMILES string of the molecule is N[C@H]1CCCC[C@H](C(F)F)C1. The highest BCUT2D eigenvalue weighted by atomic mass is 19.3. The third-order valence-corrected chi connectivity index (χ3v) is 2.36. The van der Waals surface area contributed by atoms with Gasteiger partial charge in [-0.1, -0.05) is 12.8 Å². The summed E-state index contributed by atoms with van der Waals surface area (Å²) in [5, 5.41) is 0. The van der Waals surface area contributed by atoms with Crippen molar-refractivity contribution >= 4 is 0 Å². The monoisotopic (exact) mass is 163 g/mol. The lowest BCUT2D eigenvalue weighted by molar-refractivity contribution is 0.0665. The predicted octanol–water partition coefficient (Wildman–Crippen LogP) is 2.16. The second kappa shape index (κ2) is 4.00. The van der Waals surface area contributed by atoms with Gasteiger partial charge in [0, 0.05) is 12.0 Å². The van der Waals surface area contributed by atoms with Crippen LogP contribution in [-0.2, 0) is 0 Å². The smallest absolute Gasteiger partial charge is 0.241 e. The van der Waals surface area contributed by atoms with Gasteiger partial charge in [0.05, 0.1) is 0 Å². The average Bonchev–Trinajstić information content (AvgIpc) is 2.13. The second-order valence-corrected chi connectivity index (χ2v) is 3.37. The van der Waals surface area contributed by atoms with E-state index in [0.29, 0.717) is 12.8 Å². The van der Waals surface area contributed by atoms with E-state index < -0.39 is 12.3 Å². The number of alkyl halides is 2. The van der Waals surface area contributed by atoms with Crippen LogP contribution in [0.5, 0.6) is 0 Å². The first kappa shape index (κ1) is 8.91. The molecular formula is C8H15F2N. The molecule has 0 radical (unpaired) electrons. The molecule has 1 fully saturated rings. The van der Waals surface area contributed by atoms with E-state index in [9.17, 15) is 8.78 Å². The first-order valence-electron chi connectivity index (χ1n) is 4.24. The summed E-state index contributed by atoms with van der Waals surface area (Å²) in [7, 11) is 0. The summed E-state index contributed by atoms with van der Waals surface area (Å²) in [6, 6.07) is 0.0106. The third-order valence-electron chi connectivity index (χ3n) is 2.36. The van der Waals surface area contributed by atoms with Gasteiger partial charge in [-0.15, -0.1) is 0 Å². The summed E-state index contributed by atoms with van der Waals surface area (Å²) in [4.78, 5) is 0. The van der Waals surface area contributed by atoms with E-state index in [1.807, 2.05) is 0 Å². The number of hydrogen-bond acceptors (Lipinski definition) is 1. The maximum atomic E-state index is 12.2. The standard InChI is InChI=1S/C8H15F2N/c9-8(10)6-3-1-2-4-7(11)5-6/h6-8H,1-5,11H2/t6-,7-/m0/s1. The molecule has 1 saturated carbocycles. The van der Waals surface area contributed by atoms with Gasteiger partial charge >= 0.3 is 0 Å². The zero-order chi connectivity index (χ0) is 8.27. The van der Waals surface area contributed by atoms with Gasteiger partial charge in [0.25, 0.3) is 0 Å². The van der Waals surface area contributed by atoms with Crippen molar-refractivity contribution in [3.05, 3.63) is 0 Å². The van der Waals surface area contributed by atoms with Crippen LogP contribution < -0.4 is 5.73 Å². The Morgan fingerprint density at radius 2 is 1.82 bits per heavy atom. The highest BCUT2D eigenvalue weighted by molar-refractivity contribution is 4.74. The molecule has 2 N–H and O–H groups in total.